The van der Waals surface area contributed by atoms with E-state index >= 15 is 0 Å². The van der Waals surface area contributed by atoms with E-state index in [0.29, 0.717) is 30.9 Å². The molecule has 1 saturated heterocycles. The van der Waals surface area contributed by atoms with Gasteiger partial charge in [-0.15, -0.1) is 0 Å². The molecule has 0 spiro atoms. The van der Waals surface area contributed by atoms with Gasteiger partial charge in [0.15, 0.2) is 5.82 Å². The predicted octanol–water partition coefficient (Wildman–Crippen LogP) is 2.43. The van der Waals surface area contributed by atoms with Gasteiger partial charge in [0.2, 0.25) is 0 Å². The first-order valence-electron chi connectivity index (χ1n) is 7.33. The Balaban J connectivity index is 1.54. The van der Waals surface area contributed by atoms with Crippen LogP contribution in [0.2, 0.25) is 0 Å². The molecular formula is C17H19FN2O2. The molecule has 2 heterocycles. The molecule has 1 aromatic heterocycles. The third-order valence-corrected chi connectivity index (χ3v) is 3.86. The Morgan fingerprint density at radius 1 is 1.36 bits per heavy atom. The van der Waals surface area contributed by atoms with Gasteiger partial charge in [-0.2, -0.15) is 0 Å². The summed E-state index contributed by atoms with van der Waals surface area (Å²) >= 11 is 0. The zero-order valence-electron chi connectivity index (χ0n) is 12.5. The monoisotopic (exact) mass is 302 g/mol. The maximum Gasteiger partial charge on any atom is 0.151 e. The second kappa shape index (κ2) is 6.42. The van der Waals surface area contributed by atoms with Crippen LogP contribution >= 0.6 is 0 Å². The molecule has 0 saturated carbocycles. The number of aliphatic hydroxyl groups is 1. The van der Waals surface area contributed by atoms with Crippen LogP contribution in [0.1, 0.15) is 16.8 Å². The first kappa shape index (κ1) is 14.9. The number of hydrogen-bond donors (Lipinski definition) is 1. The molecule has 1 fully saturated rings. The van der Waals surface area contributed by atoms with Crippen LogP contribution in [-0.2, 0) is 18.0 Å². The quantitative estimate of drug-likeness (QED) is 0.921. The zero-order valence-corrected chi connectivity index (χ0v) is 12.5. The number of ether oxygens (including phenoxy) is 1. The molecule has 4 nitrogen and oxygen atoms in total. The number of anilines is 1. The molecule has 0 unspecified atom stereocenters. The number of aryl methyl sites for hydroxylation is 1. The van der Waals surface area contributed by atoms with Crippen LogP contribution in [0.5, 0.6) is 0 Å². The third-order valence-electron chi connectivity index (χ3n) is 3.86. The minimum Gasteiger partial charge on any atom is -0.392 e. The standard InChI is InChI=1S/C17H19FN2O2/c1-12-7-13(5-6-19-12)11-22-15-8-20(9-15)16-4-2-3-14(10-21)17(16)18/h2-7,15,21H,8-11H2,1H3. The van der Waals surface area contributed by atoms with Crippen molar-refractivity contribution in [2.45, 2.75) is 26.2 Å². The van der Waals surface area contributed by atoms with Crippen molar-refractivity contribution in [1.82, 2.24) is 4.98 Å². The molecule has 116 valence electrons. The predicted molar refractivity (Wildman–Crippen MR) is 82.1 cm³/mol. The van der Waals surface area contributed by atoms with Crippen LogP contribution in [0, 0.1) is 12.7 Å². The van der Waals surface area contributed by atoms with Crippen LogP contribution in [0.3, 0.4) is 0 Å². The fourth-order valence-electron chi connectivity index (χ4n) is 2.58. The van der Waals surface area contributed by atoms with Gasteiger partial charge in [-0.05, 0) is 30.7 Å². The maximum absolute atomic E-state index is 14.1. The van der Waals surface area contributed by atoms with Gasteiger partial charge in [-0.1, -0.05) is 12.1 Å². The van der Waals surface area contributed by atoms with E-state index in [-0.39, 0.29) is 18.5 Å². The number of nitrogens with zero attached hydrogens (tertiary/aromatic N) is 2. The lowest BCUT2D eigenvalue weighted by atomic mass is 10.1. The van der Waals surface area contributed by atoms with Crippen molar-refractivity contribution in [1.29, 1.82) is 0 Å². The van der Waals surface area contributed by atoms with Gasteiger partial charge >= 0.3 is 0 Å². The highest BCUT2D eigenvalue weighted by Crippen LogP contribution is 2.27. The molecule has 0 atom stereocenters. The van der Waals surface area contributed by atoms with Crippen LogP contribution in [0.4, 0.5) is 10.1 Å². The van der Waals surface area contributed by atoms with Gasteiger partial charge in [0, 0.05) is 30.5 Å². The van der Waals surface area contributed by atoms with Gasteiger partial charge in [0.05, 0.1) is 25.0 Å². The van der Waals surface area contributed by atoms with Gasteiger partial charge < -0.3 is 14.7 Å². The molecule has 1 N–H and O–H groups in total. The maximum atomic E-state index is 14.1. The summed E-state index contributed by atoms with van der Waals surface area (Å²) in [5, 5.41) is 9.11. The molecule has 0 amide bonds. The van der Waals surface area contributed by atoms with E-state index in [9.17, 15) is 4.39 Å². The van der Waals surface area contributed by atoms with Crippen molar-refractivity contribution in [2.24, 2.45) is 0 Å². The molecule has 5 heteroatoms. The summed E-state index contributed by atoms with van der Waals surface area (Å²) < 4.78 is 19.9. The first-order valence-corrected chi connectivity index (χ1v) is 7.33. The lowest BCUT2D eigenvalue weighted by Crippen LogP contribution is -2.52. The summed E-state index contributed by atoms with van der Waals surface area (Å²) in [7, 11) is 0. The zero-order chi connectivity index (χ0) is 15.5. The van der Waals surface area contributed by atoms with E-state index in [1.54, 1.807) is 24.4 Å². The number of hydrogen-bond acceptors (Lipinski definition) is 4. The van der Waals surface area contributed by atoms with Gasteiger partial charge in [0.1, 0.15) is 0 Å². The molecule has 0 radical (unpaired) electrons. The Morgan fingerprint density at radius 3 is 2.91 bits per heavy atom. The van der Waals surface area contributed by atoms with E-state index in [2.05, 4.69) is 4.98 Å². The van der Waals surface area contributed by atoms with E-state index in [0.717, 1.165) is 11.3 Å². The fourth-order valence-corrected chi connectivity index (χ4v) is 2.58. The Kier molecular flexibility index (Phi) is 4.36. The molecule has 3 rings (SSSR count). The summed E-state index contributed by atoms with van der Waals surface area (Å²) in [5.74, 6) is -0.340. The molecule has 1 aliphatic heterocycles. The SMILES string of the molecule is Cc1cc(COC2CN(c3cccc(CO)c3F)C2)ccn1. The minimum atomic E-state index is -0.340. The third kappa shape index (κ3) is 3.10. The summed E-state index contributed by atoms with van der Waals surface area (Å²) in [6.07, 6.45) is 1.88. The van der Waals surface area contributed by atoms with Gasteiger partial charge in [-0.25, -0.2) is 4.39 Å². The molecule has 22 heavy (non-hydrogen) atoms. The van der Waals surface area contributed by atoms with E-state index in [1.807, 2.05) is 24.0 Å². The molecule has 1 aromatic carbocycles. The highest BCUT2D eigenvalue weighted by molar-refractivity contribution is 5.52. The van der Waals surface area contributed by atoms with E-state index in [4.69, 9.17) is 9.84 Å². The van der Waals surface area contributed by atoms with Crippen molar-refractivity contribution in [2.75, 3.05) is 18.0 Å². The van der Waals surface area contributed by atoms with Crippen molar-refractivity contribution in [3.05, 3.63) is 59.2 Å². The van der Waals surface area contributed by atoms with Crippen LogP contribution in [0.25, 0.3) is 0 Å². The topological polar surface area (TPSA) is 45.6 Å². The Bertz CT molecular complexity index is 657. The first-order chi connectivity index (χ1) is 10.7. The number of pyridine rings is 1. The van der Waals surface area contributed by atoms with Crippen molar-refractivity contribution in [3.63, 3.8) is 0 Å². The average molecular weight is 302 g/mol. The second-order valence-corrected chi connectivity index (χ2v) is 5.55. The van der Waals surface area contributed by atoms with Crippen LogP contribution < -0.4 is 4.90 Å². The fraction of sp³-hybridized carbons (Fsp3) is 0.353. The lowest BCUT2D eigenvalue weighted by Gasteiger charge is -2.41. The molecular weight excluding hydrogens is 283 g/mol. The van der Waals surface area contributed by atoms with Gasteiger partial charge in [-0.3, -0.25) is 4.98 Å². The second-order valence-electron chi connectivity index (χ2n) is 5.55. The number of benzene rings is 1. The van der Waals surface area contributed by atoms with Crippen molar-refractivity contribution >= 4 is 5.69 Å². The smallest absolute Gasteiger partial charge is 0.151 e. The lowest BCUT2D eigenvalue weighted by molar-refractivity contribution is 0.0221. The average Bonchev–Trinajstić information content (AvgIpc) is 2.47. The Hall–Kier alpha value is -1.98. The van der Waals surface area contributed by atoms with E-state index < -0.39 is 0 Å². The van der Waals surface area contributed by atoms with Crippen molar-refractivity contribution < 1.29 is 14.2 Å². The number of rotatable bonds is 5. The van der Waals surface area contributed by atoms with Crippen molar-refractivity contribution in [3.8, 4) is 0 Å². The largest absolute Gasteiger partial charge is 0.392 e. The molecule has 0 bridgehead atoms. The summed E-state index contributed by atoms with van der Waals surface area (Å²) in [4.78, 5) is 6.08. The highest BCUT2D eigenvalue weighted by atomic mass is 19.1. The minimum absolute atomic E-state index is 0.102. The number of aliphatic hydroxyl groups excluding tert-OH is 1. The number of aromatic nitrogens is 1. The Morgan fingerprint density at radius 2 is 2.18 bits per heavy atom. The summed E-state index contributed by atoms with van der Waals surface area (Å²) in [5.41, 5.74) is 2.93. The normalized spacial score (nSPS) is 15.0. The molecule has 0 aliphatic carbocycles. The van der Waals surface area contributed by atoms with Crippen LogP contribution in [-0.4, -0.2) is 29.3 Å². The Labute approximate surface area is 129 Å². The van der Waals surface area contributed by atoms with Gasteiger partial charge in [0.25, 0.3) is 0 Å². The molecule has 1 aliphatic rings. The summed E-state index contributed by atoms with van der Waals surface area (Å²) in [6.45, 7) is 3.53. The number of halogens is 1. The summed E-state index contributed by atoms with van der Waals surface area (Å²) in [6, 6.07) is 9.03. The van der Waals surface area contributed by atoms with E-state index in [1.165, 1.54) is 0 Å². The molecule has 2 aromatic rings. The van der Waals surface area contributed by atoms with Crippen LogP contribution in [0.15, 0.2) is 36.5 Å². The highest BCUT2D eigenvalue weighted by Gasteiger charge is 2.29.